The number of halogens is 1. The van der Waals surface area contributed by atoms with Gasteiger partial charge in [0.05, 0.1) is 6.42 Å². The molecule has 20 heavy (non-hydrogen) atoms. The molecule has 0 spiro atoms. The number of amides is 1. The summed E-state index contributed by atoms with van der Waals surface area (Å²) >= 11 is 3.85. The molecule has 100 valence electrons. The molecule has 4 rings (SSSR count). The van der Waals surface area contributed by atoms with Gasteiger partial charge < -0.3 is 5.32 Å². The highest BCUT2D eigenvalue weighted by atomic mass is 79.9. The van der Waals surface area contributed by atoms with Crippen LogP contribution in [0.25, 0.3) is 0 Å². The van der Waals surface area contributed by atoms with Crippen LogP contribution in [-0.4, -0.2) is 5.91 Å². The lowest BCUT2D eigenvalue weighted by Gasteiger charge is -2.34. The van der Waals surface area contributed by atoms with Crippen molar-refractivity contribution in [2.75, 3.05) is 5.32 Å². The van der Waals surface area contributed by atoms with Crippen molar-refractivity contribution < 1.29 is 4.79 Å². The summed E-state index contributed by atoms with van der Waals surface area (Å²) < 4.78 is 0. The van der Waals surface area contributed by atoms with Gasteiger partial charge in [-0.3, -0.25) is 4.79 Å². The monoisotopic (exact) mass is 327 g/mol. The Hall–Kier alpha value is -1.61. The van der Waals surface area contributed by atoms with Gasteiger partial charge in [-0.1, -0.05) is 52.3 Å². The molecule has 1 amide bonds. The third-order valence-corrected chi connectivity index (χ3v) is 5.49. The molecule has 1 aliphatic heterocycles. The van der Waals surface area contributed by atoms with Crippen molar-refractivity contribution in [1.29, 1.82) is 0 Å². The second-order valence-electron chi connectivity index (χ2n) is 5.55. The largest absolute Gasteiger partial charge is 0.326 e. The van der Waals surface area contributed by atoms with Crippen LogP contribution < -0.4 is 5.32 Å². The number of anilines is 1. The first-order chi connectivity index (χ1) is 9.72. The number of nitrogens with one attached hydrogen (secondary N) is 1. The fraction of sp³-hybridized carbons (Fsp3) is 0.235. The average molecular weight is 328 g/mol. The van der Waals surface area contributed by atoms with E-state index in [4.69, 9.17) is 0 Å². The number of fused-ring (bicyclic) bond motifs is 2. The molecule has 2 nitrogen and oxygen atoms in total. The molecule has 0 saturated carbocycles. The van der Waals surface area contributed by atoms with E-state index in [-0.39, 0.29) is 5.91 Å². The molecular formula is C17H14BrNO. The van der Waals surface area contributed by atoms with Crippen LogP contribution in [-0.2, 0) is 17.6 Å². The predicted molar refractivity (Wildman–Crippen MR) is 83.3 cm³/mol. The third-order valence-electron chi connectivity index (χ3n) is 4.32. The molecule has 0 fully saturated rings. The average Bonchev–Trinajstić information content (AvgIpc) is 2.79. The Labute approximate surface area is 126 Å². The summed E-state index contributed by atoms with van der Waals surface area (Å²) in [6, 6.07) is 14.9. The number of alkyl halides is 1. The van der Waals surface area contributed by atoms with Crippen molar-refractivity contribution in [1.82, 2.24) is 0 Å². The van der Waals surface area contributed by atoms with Crippen LogP contribution >= 0.6 is 15.9 Å². The summed E-state index contributed by atoms with van der Waals surface area (Å²) in [5.74, 6) is 0.631. The molecular weight excluding hydrogens is 314 g/mol. The van der Waals surface area contributed by atoms with E-state index in [9.17, 15) is 4.79 Å². The highest BCUT2D eigenvalue weighted by Gasteiger charge is 2.32. The number of rotatable bonds is 2. The minimum Gasteiger partial charge on any atom is -0.326 e. The molecule has 2 unspecified atom stereocenters. The summed E-state index contributed by atoms with van der Waals surface area (Å²) in [5, 5.41) is 2.88. The van der Waals surface area contributed by atoms with Crippen LogP contribution in [0.1, 0.15) is 33.0 Å². The van der Waals surface area contributed by atoms with E-state index in [0.29, 0.717) is 17.2 Å². The zero-order valence-electron chi connectivity index (χ0n) is 10.9. The number of hydrogen-bond donors (Lipinski definition) is 1. The highest BCUT2D eigenvalue weighted by molar-refractivity contribution is 9.09. The maximum atomic E-state index is 11.4. The standard InChI is InChI=1S/C17H14BrNO/c18-17(14-8-10-3-1-2-4-13(10)14)11-5-6-15-12(7-11)9-16(20)19-15/h1-7,14,17H,8-9H2,(H,19,20). The van der Waals surface area contributed by atoms with Gasteiger partial charge in [-0.2, -0.15) is 0 Å². The number of hydrogen-bond acceptors (Lipinski definition) is 1. The highest BCUT2D eigenvalue weighted by Crippen LogP contribution is 2.48. The molecule has 1 aliphatic carbocycles. The molecule has 0 bridgehead atoms. The number of benzene rings is 2. The summed E-state index contributed by atoms with van der Waals surface area (Å²) in [7, 11) is 0. The normalized spacial score (nSPS) is 20.6. The van der Waals surface area contributed by atoms with Gasteiger partial charge in [-0.15, -0.1) is 0 Å². The molecule has 0 saturated heterocycles. The number of carbonyl (C=O) groups is 1. The van der Waals surface area contributed by atoms with E-state index in [2.05, 4.69) is 57.6 Å². The Morgan fingerprint density at radius 2 is 2.00 bits per heavy atom. The fourth-order valence-corrected chi connectivity index (χ4v) is 3.97. The molecule has 2 aromatic rings. The second-order valence-corrected chi connectivity index (χ2v) is 6.54. The van der Waals surface area contributed by atoms with Crippen LogP contribution in [0.4, 0.5) is 5.69 Å². The molecule has 1 N–H and O–H groups in total. The molecule has 0 radical (unpaired) electrons. The van der Waals surface area contributed by atoms with Crippen molar-refractivity contribution in [3.8, 4) is 0 Å². The minimum atomic E-state index is 0.0947. The lowest BCUT2D eigenvalue weighted by atomic mass is 9.74. The molecule has 3 heteroatoms. The predicted octanol–water partition coefficient (Wildman–Crippen LogP) is 3.96. The smallest absolute Gasteiger partial charge is 0.228 e. The van der Waals surface area contributed by atoms with Gasteiger partial charge in [-0.25, -0.2) is 0 Å². The maximum Gasteiger partial charge on any atom is 0.228 e. The van der Waals surface area contributed by atoms with Crippen molar-refractivity contribution >= 4 is 27.5 Å². The Morgan fingerprint density at radius 3 is 2.85 bits per heavy atom. The zero-order chi connectivity index (χ0) is 13.7. The maximum absolute atomic E-state index is 11.4. The van der Waals surface area contributed by atoms with Gasteiger partial charge in [-0.05, 0) is 34.7 Å². The quantitative estimate of drug-likeness (QED) is 0.831. The van der Waals surface area contributed by atoms with Crippen molar-refractivity contribution in [3.63, 3.8) is 0 Å². The molecule has 2 aliphatic rings. The van der Waals surface area contributed by atoms with Gasteiger partial charge in [0.1, 0.15) is 0 Å². The topological polar surface area (TPSA) is 29.1 Å². The van der Waals surface area contributed by atoms with E-state index in [0.717, 1.165) is 17.7 Å². The van der Waals surface area contributed by atoms with Crippen LogP contribution in [0.2, 0.25) is 0 Å². The first-order valence-corrected chi connectivity index (χ1v) is 7.78. The molecule has 0 aromatic heterocycles. The molecule has 1 heterocycles. The lowest BCUT2D eigenvalue weighted by Crippen LogP contribution is -2.20. The van der Waals surface area contributed by atoms with E-state index >= 15 is 0 Å². The Morgan fingerprint density at radius 1 is 1.15 bits per heavy atom. The van der Waals surface area contributed by atoms with Crippen LogP contribution in [0, 0.1) is 0 Å². The van der Waals surface area contributed by atoms with Crippen LogP contribution in [0.15, 0.2) is 42.5 Å². The summed E-state index contributed by atoms with van der Waals surface area (Å²) in [5.41, 5.74) is 6.25. The Bertz CT molecular complexity index is 710. The SMILES string of the molecule is O=C1Cc2cc(C(Br)C3Cc4ccccc43)ccc2N1. The lowest BCUT2D eigenvalue weighted by molar-refractivity contribution is -0.115. The van der Waals surface area contributed by atoms with E-state index in [1.807, 2.05) is 6.07 Å². The van der Waals surface area contributed by atoms with Crippen LogP contribution in [0.5, 0.6) is 0 Å². The summed E-state index contributed by atoms with van der Waals surface area (Å²) in [6.45, 7) is 0. The van der Waals surface area contributed by atoms with Gasteiger partial charge in [0, 0.05) is 16.4 Å². The molecule has 2 aromatic carbocycles. The number of carbonyl (C=O) groups excluding carboxylic acids is 1. The van der Waals surface area contributed by atoms with Crippen molar-refractivity contribution in [2.24, 2.45) is 0 Å². The zero-order valence-corrected chi connectivity index (χ0v) is 12.5. The molecule has 2 atom stereocenters. The van der Waals surface area contributed by atoms with E-state index in [1.54, 1.807) is 0 Å². The van der Waals surface area contributed by atoms with E-state index in [1.165, 1.54) is 16.7 Å². The fourth-order valence-electron chi connectivity index (χ4n) is 3.21. The van der Waals surface area contributed by atoms with E-state index < -0.39 is 0 Å². The second kappa shape index (κ2) is 4.45. The van der Waals surface area contributed by atoms with Crippen molar-refractivity contribution in [3.05, 3.63) is 64.7 Å². The minimum absolute atomic E-state index is 0.0947. The van der Waals surface area contributed by atoms with Crippen LogP contribution in [0.3, 0.4) is 0 Å². The third kappa shape index (κ3) is 1.80. The van der Waals surface area contributed by atoms with Gasteiger partial charge in [0.25, 0.3) is 0 Å². The summed E-state index contributed by atoms with van der Waals surface area (Å²) in [6.07, 6.45) is 1.63. The van der Waals surface area contributed by atoms with Gasteiger partial charge in [0.15, 0.2) is 0 Å². The first-order valence-electron chi connectivity index (χ1n) is 6.87. The summed E-state index contributed by atoms with van der Waals surface area (Å²) in [4.78, 5) is 11.7. The van der Waals surface area contributed by atoms with Crippen molar-refractivity contribution in [2.45, 2.75) is 23.6 Å². The van der Waals surface area contributed by atoms with Gasteiger partial charge >= 0.3 is 0 Å². The van der Waals surface area contributed by atoms with Gasteiger partial charge in [0.2, 0.25) is 5.91 Å². The Kier molecular flexibility index (Phi) is 2.71. The Balaban J connectivity index is 1.63. The first kappa shape index (κ1) is 12.2.